The van der Waals surface area contributed by atoms with Crippen LogP contribution >= 0.6 is 11.3 Å². The van der Waals surface area contributed by atoms with Crippen molar-refractivity contribution in [3.8, 4) is 0 Å². The van der Waals surface area contributed by atoms with E-state index in [4.69, 9.17) is 5.73 Å². The number of rotatable bonds is 6. The van der Waals surface area contributed by atoms with Gasteiger partial charge < -0.3 is 11.1 Å². The number of nitrogen functional groups attached to an aromatic ring is 1. The highest BCUT2D eigenvalue weighted by atomic mass is 32.1. The number of carbonyl (C=O) groups is 1. The Labute approximate surface area is 136 Å². The molecule has 118 valence electrons. The van der Waals surface area contributed by atoms with E-state index in [9.17, 15) is 4.79 Å². The lowest BCUT2D eigenvalue weighted by Crippen LogP contribution is -2.35. The second-order valence-electron chi connectivity index (χ2n) is 4.82. The highest BCUT2D eigenvalue weighted by Crippen LogP contribution is 2.17. The summed E-state index contributed by atoms with van der Waals surface area (Å²) in [6.45, 7) is 0.466. The molecule has 9 heteroatoms. The van der Waals surface area contributed by atoms with Crippen molar-refractivity contribution in [3.05, 3.63) is 53.3 Å². The summed E-state index contributed by atoms with van der Waals surface area (Å²) in [5.74, 6) is -0.174. The molecule has 23 heavy (non-hydrogen) atoms. The van der Waals surface area contributed by atoms with E-state index in [2.05, 4.69) is 25.8 Å². The molecular formula is C14H15N7OS. The lowest BCUT2D eigenvalue weighted by Gasteiger charge is -2.16. The first-order valence-electron chi connectivity index (χ1n) is 6.99. The maximum absolute atomic E-state index is 12.6. The number of benzene rings is 1. The van der Waals surface area contributed by atoms with Gasteiger partial charge in [0.15, 0.2) is 11.2 Å². The summed E-state index contributed by atoms with van der Waals surface area (Å²) in [5, 5.41) is 16.4. The van der Waals surface area contributed by atoms with Crippen LogP contribution in [0.5, 0.6) is 0 Å². The average molecular weight is 329 g/mol. The Morgan fingerprint density at radius 3 is 2.83 bits per heavy atom. The van der Waals surface area contributed by atoms with Crippen molar-refractivity contribution < 1.29 is 4.79 Å². The van der Waals surface area contributed by atoms with Crippen LogP contribution in [0, 0.1) is 0 Å². The Balaban J connectivity index is 1.68. The fourth-order valence-electron chi connectivity index (χ4n) is 2.19. The van der Waals surface area contributed by atoms with Crippen LogP contribution in [0.25, 0.3) is 0 Å². The van der Waals surface area contributed by atoms with Gasteiger partial charge in [-0.05, 0) is 16.0 Å². The minimum absolute atomic E-state index is 0.174. The first-order chi connectivity index (χ1) is 11.2. The molecule has 1 atom stereocenters. The number of hydrogen-bond donors (Lipinski definition) is 2. The monoisotopic (exact) mass is 329 g/mol. The molecule has 0 aliphatic rings. The minimum atomic E-state index is -0.605. The standard InChI is InChI=1S/C14H15N7OS/c15-14-18-11(8-23-14)6-7-16-13(22)12(21-9-17-19-20-21)10-4-2-1-3-5-10/h1-5,8-9,12H,6-7H2,(H2,15,18)(H,16,22). The molecule has 1 aromatic carbocycles. The zero-order chi connectivity index (χ0) is 16.1. The number of tetrazole rings is 1. The summed E-state index contributed by atoms with van der Waals surface area (Å²) in [7, 11) is 0. The van der Waals surface area contributed by atoms with Gasteiger partial charge in [-0.1, -0.05) is 30.3 Å². The van der Waals surface area contributed by atoms with Crippen molar-refractivity contribution in [1.82, 2.24) is 30.5 Å². The smallest absolute Gasteiger partial charge is 0.249 e. The van der Waals surface area contributed by atoms with E-state index in [1.165, 1.54) is 22.3 Å². The third-order valence-electron chi connectivity index (χ3n) is 3.24. The van der Waals surface area contributed by atoms with Crippen molar-refractivity contribution in [3.63, 3.8) is 0 Å². The number of carbonyl (C=O) groups excluding carboxylic acids is 1. The first kappa shape index (κ1) is 15.1. The van der Waals surface area contributed by atoms with Crippen LogP contribution in [0.4, 0.5) is 5.13 Å². The van der Waals surface area contributed by atoms with E-state index in [1.807, 2.05) is 35.7 Å². The summed E-state index contributed by atoms with van der Waals surface area (Å²) in [6, 6.07) is 8.77. The lowest BCUT2D eigenvalue weighted by atomic mass is 10.1. The Bertz CT molecular complexity index is 757. The molecule has 3 N–H and O–H groups in total. The van der Waals surface area contributed by atoms with Gasteiger partial charge in [-0.15, -0.1) is 16.4 Å². The van der Waals surface area contributed by atoms with E-state index in [-0.39, 0.29) is 5.91 Å². The number of anilines is 1. The molecule has 0 fully saturated rings. The van der Waals surface area contributed by atoms with Crippen LogP contribution in [0.3, 0.4) is 0 Å². The highest BCUT2D eigenvalue weighted by Gasteiger charge is 2.23. The zero-order valence-electron chi connectivity index (χ0n) is 12.2. The zero-order valence-corrected chi connectivity index (χ0v) is 13.0. The van der Waals surface area contributed by atoms with Crippen LogP contribution < -0.4 is 11.1 Å². The van der Waals surface area contributed by atoms with Gasteiger partial charge in [0.05, 0.1) is 5.69 Å². The first-order valence-corrected chi connectivity index (χ1v) is 7.87. The van der Waals surface area contributed by atoms with Crippen molar-refractivity contribution in [1.29, 1.82) is 0 Å². The number of nitrogens with two attached hydrogens (primary N) is 1. The van der Waals surface area contributed by atoms with E-state index < -0.39 is 6.04 Å². The van der Waals surface area contributed by atoms with E-state index in [0.29, 0.717) is 18.1 Å². The summed E-state index contributed by atoms with van der Waals surface area (Å²) in [5.41, 5.74) is 7.28. The largest absolute Gasteiger partial charge is 0.375 e. The Hall–Kier alpha value is -2.81. The molecule has 1 unspecified atom stereocenters. The molecule has 0 saturated carbocycles. The molecule has 0 aliphatic carbocycles. The molecule has 0 bridgehead atoms. The SMILES string of the molecule is Nc1nc(CCNC(=O)C(c2ccccc2)n2cnnn2)cs1. The van der Waals surface area contributed by atoms with Gasteiger partial charge in [-0.3, -0.25) is 4.79 Å². The number of hydrogen-bond acceptors (Lipinski definition) is 7. The minimum Gasteiger partial charge on any atom is -0.375 e. The number of aromatic nitrogens is 5. The molecule has 0 aliphatic heterocycles. The molecule has 2 heterocycles. The summed E-state index contributed by atoms with van der Waals surface area (Å²) in [6.07, 6.45) is 2.05. The molecule has 2 aromatic heterocycles. The van der Waals surface area contributed by atoms with Gasteiger partial charge in [-0.2, -0.15) is 0 Å². The molecule has 8 nitrogen and oxygen atoms in total. The quantitative estimate of drug-likeness (QED) is 0.687. The predicted octanol–water partition coefficient (Wildman–Crippen LogP) is 0.660. The van der Waals surface area contributed by atoms with E-state index in [1.54, 1.807) is 0 Å². The molecule has 3 rings (SSSR count). The fourth-order valence-corrected chi connectivity index (χ4v) is 2.79. The molecule has 0 saturated heterocycles. The van der Waals surface area contributed by atoms with Crippen LogP contribution in [0.2, 0.25) is 0 Å². The van der Waals surface area contributed by atoms with Crippen LogP contribution in [-0.4, -0.2) is 37.6 Å². The number of thiazole rings is 1. The Morgan fingerprint density at radius 2 is 2.17 bits per heavy atom. The third-order valence-corrected chi connectivity index (χ3v) is 3.97. The molecule has 0 radical (unpaired) electrons. The Kier molecular flexibility index (Phi) is 4.57. The van der Waals surface area contributed by atoms with Crippen molar-refractivity contribution in [2.24, 2.45) is 0 Å². The van der Waals surface area contributed by atoms with Crippen LogP contribution in [-0.2, 0) is 11.2 Å². The van der Waals surface area contributed by atoms with Gasteiger partial charge in [0.1, 0.15) is 6.33 Å². The predicted molar refractivity (Wildman–Crippen MR) is 85.6 cm³/mol. The highest BCUT2D eigenvalue weighted by molar-refractivity contribution is 7.13. The van der Waals surface area contributed by atoms with Gasteiger partial charge in [0.2, 0.25) is 5.91 Å². The number of nitrogens with zero attached hydrogens (tertiary/aromatic N) is 5. The van der Waals surface area contributed by atoms with E-state index >= 15 is 0 Å². The summed E-state index contributed by atoms with van der Waals surface area (Å²) < 4.78 is 1.44. The summed E-state index contributed by atoms with van der Waals surface area (Å²) >= 11 is 1.39. The molecule has 0 spiro atoms. The molecule has 1 amide bonds. The second kappa shape index (κ2) is 6.97. The number of nitrogens with one attached hydrogen (secondary N) is 1. The van der Waals surface area contributed by atoms with Gasteiger partial charge in [0.25, 0.3) is 0 Å². The van der Waals surface area contributed by atoms with Gasteiger partial charge in [0, 0.05) is 18.3 Å². The fraction of sp³-hybridized carbons (Fsp3) is 0.214. The number of amides is 1. The lowest BCUT2D eigenvalue weighted by molar-refractivity contribution is -0.123. The second-order valence-corrected chi connectivity index (χ2v) is 5.71. The normalized spacial score (nSPS) is 12.0. The van der Waals surface area contributed by atoms with Gasteiger partial charge in [-0.25, -0.2) is 9.67 Å². The summed E-state index contributed by atoms with van der Waals surface area (Å²) in [4.78, 5) is 16.7. The molecular weight excluding hydrogens is 314 g/mol. The maximum Gasteiger partial charge on any atom is 0.249 e. The van der Waals surface area contributed by atoms with Crippen molar-refractivity contribution in [2.75, 3.05) is 12.3 Å². The third kappa shape index (κ3) is 3.69. The average Bonchev–Trinajstić information content (AvgIpc) is 3.21. The van der Waals surface area contributed by atoms with Crippen molar-refractivity contribution in [2.45, 2.75) is 12.5 Å². The van der Waals surface area contributed by atoms with Gasteiger partial charge >= 0.3 is 0 Å². The van der Waals surface area contributed by atoms with Crippen molar-refractivity contribution >= 4 is 22.4 Å². The Morgan fingerprint density at radius 1 is 1.35 bits per heavy atom. The topological polar surface area (TPSA) is 112 Å². The van der Waals surface area contributed by atoms with Crippen LogP contribution in [0.15, 0.2) is 42.0 Å². The van der Waals surface area contributed by atoms with E-state index in [0.717, 1.165) is 11.3 Å². The van der Waals surface area contributed by atoms with Crippen LogP contribution in [0.1, 0.15) is 17.3 Å². The molecule has 3 aromatic rings. The maximum atomic E-state index is 12.6.